The Kier molecular flexibility index (Phi) is 4.55. The molecule has 134 valence electrons. The highest BCUT2D eigenvalue weighted by Gasteiger charge is 2.44. The summed E-state index contributed by atoms with van der Waals surface area (Å²) in [4.78, 5) is 0. The molecular weight excluding hydrogens is 328 g/mol. The summed E-state index contributed by atoms with van der Waals surface area (Å²) >= 11 is 0. The van der Waals surface area contributed by atoms with Crippen LogP contribution in [0.1, 0.15) is 22.3 Å². The lowest BCUT2D eigenvalue weighted by Gasteiger charge is -2.40. The zero-order valence-corrected chi connectivity index (χ0v) is 15.5. The van der Waals surface area contributed by atoms with Gasteiger partial charge in [-0.15, -0.1) is 0 Å². The molecule has 0 spiro atoms. The Labute approximate surface area is 161 Å². The first-order valence-electron chi connectivity index (χ1n) is 9.37. The molecule has 0 aliphatic carbocycles. The first-order chi connectivity index (χ1) is 13.2. The molecule has 1 heteroatoms. The molecule has 1 nitrogen and oxygen atoms in total. The number of ether oxygens (including phenoxy) is 1. The maximum atomic E-state index is 7.00. The molecule has 0 saturated carbocycles. The molecule has 1 aliphatic heterocycles. The topological polar surface area (TPSA) is 9.23 Å². The summed E-state index contributed by atoms with van der Waals surface area (Å²) < 4.78 is 7.00. The maximum absolute atomic E-state index is 7.00. The van der Waals surface area contributed by atoms with Crippen molar-refractivity contribution in [3.63, 3.8) is 0 Å². The van der Waals surface area contributed by atoms with Crippen molar-refractivity contribution >= 4 is 0 Å². The lowest BCUT2D eigenvalue weighted by Crippen LogP contribution is -2.39. The van der Waals surface area contributed by atoms with Crippen LogP contribution in [-0.2, 0) is 28.8 Å². The predicted octanol–water partition coefficient (Wildman–Crippen LogP) is 5.96. The molecule has 0 saturated heterocycles. The molecular formula is C26H24O. The molecule has 1 heterocycles. The first-order valence-corrected chi connectivity index (χ1v) is 9.37. The van der Waals surface area contributed by atoms with Gasteiger partial charge in [0, 0.05) is 12.8 Å². The highest BCUT2D eigenvalue weighted by Crippen LogP contribution is 2.45. The molecule has 0 amide bonds. The van der Waals surface area contributed by atoms with E-state index in [4.69, 9.17) is 4.74 Å². The van der Waals surface area contributed by atoms with Crippen molar-refractivity contribution in [3.8, 4) is 0 Å². The van der Waals surface area contributed by atoms with Gasteiger partial charge in [-0.05, 0) is 22.3 Å². The van der Waals surface area contributed by atoms with E-state index >= 15 is 0 Å². The number of hydrogen-bond acceptors (Lipinski definition) is 1. The van der Waals surface area contributed by atoms with Crippen LogP contribution in [0.15, 0.2) is 110 Å². The quantitative estimate of drug-likeness (QED) is 0.526. The molecule has 2 atom stereocenters. The number of fused-ring (bicyclic) bond motifs is 1. The lowest BCUT2D eigenvalue weighted by molar-refractivity contribution is -0.112. The average molecular weight is 352 g/mol. The summed E-state index contributed by atoms with van der Waals surface area (Å²) in [6, 6.07) is 29.4. The zero-order chi connectivity index (χ0) is 18.7. The van der Waals surface area contributed by atoms with Gasteiger partial charge in [-0.3, -0.25) is 0 Å². The standard InChI is InChI=1S/C26H24O/c1-3-25(23-15-7-5-8-16-23)19-21-13-11-12-14-22(21)20-26(4-2,27-25)24-17-9-6-10-18-24/h3-18H,1-2,19-20H2. The second-order valence-corrected chi connectivity index (χ2v) is 7.14. The third kappa shape index (κ3) is 3.05. The largest absolute Gasteiger partial charge is 0.350 e. The van der Waals surface area contributed by atoms with Crippen molar-refractivity contribution < 1.29 is 4.74 Å². The Morgan fingerprint density at radius 1 is 0.593 bits per heavy atom. The minimum absolute atomic E-state index is 0.627. The van der Waals surface area contributed by atoms with Crippen LogP contribution in [0.3, 0.4) is 0 Å². The Morgan fingerprint density at radius 2 is 0.963 bits per heavy atom. The lowest BCUT2D eigenvalue weighted by atomic mass is 9.86. The summed E-state index contributed by atoms with van der Waals surface area (Å²) in [5, 5.41) is 0. The van der Waals surface area contributed by atoms with E-state index in [1.807, 2.05) is 24.3 Å². The van der Waals surface area contributed by atoms with Gasteiger partial charge in [0.15, 0.2) is 0 Å². The summed E-state index contributed by atoms with van der Waals surface area (Å²) in [7, 11) is 0. The van der Waals surface area contributed by atoms with E-state index in [9.17, 15) is 0 Å². The molecule has 0 radical (unpaired) electrons. The van der Waals surface area contributed by atoms with Crippen LogP contribution >= 0.6 is 0 Å². The SMILES string of the molecule is C=CC1(c2ccccc2)Cc2ccccc2CC(C=C)(c2ccccc2)O1. The van der Waals surface area contributed by atoms with Crippen molar-refractivity contribution in [2.45, 2.75) is 24.0 Å². The Hall–Kier alpha value is -2.90. The molecule has 0 bridgehead atoms. The third-order valence-corrected chi connectivity index (χ3v) is 5.57. The van der Waals surface area contributed by atoms with Crippen LogP contribution in [0.4, 0.5) is 0 Å². The molecule has 3 aromatic rings. The van der Waals surface area contributed by atoms with E-state index in [1.165, 1.54) is 11.1 Å². The summed E-state index contributed by atoms with van der Waals surface area (Å²) in [5.74, 6) is 0. The van der Waals surface area contributed by atoms with Crippen molar-refractivity contribution in [1.82, 2.24) is 0 Å². The van der Waals surface area contributed by atoms with Gasteiger partial charge in [0.25, 0.3) is 0 Å². The van der Waals surface area contributed by atoms with E-state index in [-0.39, 0.29) is 0 Å². The molecule has 0 aromatic heterocycles. The molecule has 27 heavy (non-hydrogen) atoms. The van der Waals surface area contributed by atoms with Gasteiger partial charge in [0.2, 0.25) is 0 Å². The fraction of sp³-hybridized carbons (Fsp3) is 0.154. The van der Waals surface area contributed by atoms with Gasteiger partial charge in [-0.25, -0.2) is 0 Å². The minimum Gasteiger partial charge on any atom is -0.350 e. The highest BCUT2D eigenvalue weighted by atomic mass is 16.5. The average Bonchev–Trinajstić information content (AvgIpc) is 2.90. The van der Waals surface area contributed by atoms with Crippen LogP contribution in [0.2, 0.25) is 0 Å². The Morgan fingerprint density at radius 3 is 1.33 bits per heavy atom. The van der Waals surface area contributed by atoms with Crippen LogP contribution in [-0.4, -0.2) is 0 Å². The van der Waals surface area contributed by atoms with Crippen LogP contribution < -0.4 is 0 Å². The fourth-order valence-electron chi connectivity index (χ4n) is 4.09. The third-order valence-electron chi connectivity index (χ3n) is 5.57. The highest BCUT2D eigenvalue weighted by molar-refractivity contribution is 5.41. The second kappa shape index (κ2) is 7.02. The van der Waals surface area contributed by atoms with E-state index in [0.717, 1.165) is 24.0 Å². The van der Waals surface area contributed by atoms with Gasteiger partial charge < -0.3 is 4.74 Å². The van der Waals surface area contributed by atoms with Crippen molar-refractivity contribution in [3.05, 3.63) is 132 Å². The van der Waals surface area contributed by atoms with E-state index < -0.39 is 11.2 Å². The van der Waals surface area contributed by atoms with Gasteiger partial charge >= 0.3 is 0 Å². The van der Waals surface area contributed by atoms with Crippen molar-refractivity contribution in [2.75, 3.05) is 0 Å². The number of benzene rings is 3. The van der Waals surface area contributed by atoms with Crippen LogP contribution in [0.5, 0.6) is 0 Å². The van der Waals surface area contributed by atoms with Crippen LogP contribution in [0, 0.1) is 0 Å². The summed E-state index contributed by atoms with van der Waals surface area (Å²) in [6.07, 6.45) is 5.40. The molecule has 4 rings (SSSR count). The van der Waals surface area contributed by atoms with Crippen molar-refractivity contribution in [1.29, 1.82) is 0 Å². The van der Waals surface area contributed by atoms with Gasteiger partial charge in [0.05, 0.1) is 0 Å². The normalized spacial score (nSPS) is 24.4. The molecule has 3 aromatic carbocycles. The van der Waals surface area contributed by atoms with E-state index in [1.54, 1.807) is 0 Å². The van der Waals surface area contributed by atoms with E-state index in [2.05, 4.69) is 86.0 Å². The Balaban J connectivity index is 1.96. The number of hydrogen-bond donors (Lipinski definition) is 0. The predicted molar refractivity (Wildman–Crippen MR) is 112 cm³/mol. The number of rotatable bonds is 4. The van der Waals surface area contributed by atoms with Gasteiger partial charge in [-0.1, -0.05) is 110 Å². The first kappa shape index (κ1) is 17.5. The van der Waals surface area contributed by atoms with Crippen molar-refractivity contribution in [2.24, 2.45) is 0 Å². The fourth-order valence-corrected chi connectivity index (χ4v) is 4.09. The molecule has 2 unspecified atom stereocenters. The second-order valence-electron chi connectivity index (χ2n) is 7.14. The molecule has 1 aliphatic rings. The smallest absolute Gasteiger partial charge is 0.117 e. The zero-order valence-electron chi connectivity index (χ0n) is 15.5. The summed E-state index contributed by atoms with van der Waals surface area (Å²) in [6.45, 7) is 8.36. The minimum atomic E-state index is -0.627. The van der Waals surface area contributed by atoms with Gasteiger partial charge in [-0.2, -0.15) is 0 Å². The summed E-state index contributed by atoms with van der Waals surface area (Å²) in [5.41, 5.74) is 3.55. The molecule has 0 fully saturated rings. The maximum Gasteiger partial charge on any atom is 0.117 e. The van der Waals surface area contributed by atoms with E-state index in [0.29, 0.717) is 0 Å². The Bertz CT molecular complexity index is 866. The van der Waals surface area contributed by atoms with Crippen LogP contribution in [0.25, 0.3) is 0 Å². The monoisotopic (exact) mass is 352 g/mol. The van der Waals surface area contributed by atoms with Gasteiger partial charge in [0.1, 0.15) is 11.2 Å². The molecule has 0 N–H and O–H groups in total.